The van der Waals surface area contributed by atoms with Crippen molar-refractivity contribution < 1.29 is 22.7 Å². The molecule has 3 aromatic rings. The van der Waals surface area contributed by atoms with Gasteiger partial charge in [-0.2, -0.15) is 15.6 Å². The van der Waals surface area contributed by atoms with Crippen molar-refractivity contribution in [3.05, 3.63) is 57.2 Å². The predicted molar refractivity (Wildman–Crippen MR) is 119 cm³/mol. The van der Waals surface area contributed by atoms with Crippen LogP contribution < -0.4 is 0 Å². The number of ether oxygens (including phenoxy) is 1. The summed E-state index contributed by atoms with van der Waals surface area (Å²) in [7, 11) is -3.53. The third-order valence-electron chi connectivity index (χ3n) is 4.96. The van der Waals surface area contributed by atoms with E-state index >= 15 is 0 Å². The number of aromatic nitrogens is 1. The first-order valence-corrected chi connectivity index (χ1v) is 12.9. The quantitative estimate of drug-likeness (QED) is 0.378. The molecule has 0 unspecified atom stereocenters. The number of thiophene rings is 1. The Balaban J connectivity index is 1.39. The van der Waals surface area contributed by atoms with Gasteiger partial charge in [-0.1, -0.05) is 0 Å². The largest absolute Gasteiger partial charge is 0.453 e. The SMILES string of the molecule is Cc1nc(-c2ccsc2)sc1C(=O)OCC(=O)c1ccc(S(=O)(=O)N2CCCC2)cc1. The molecule has 1 aliphatic heterocycles. The summed E-state index contributed by atoms with van der Waals surface area (Å²) in [5.41, 5.74) is 1.78. The summed E-state index contributed by atoms with van der Waals surface area (Å²) >= 11 is 2.77. The molecule has 1 saturated heterocycles. The van der Waals surface area contributed by atoms with E-state index in [1.54, 1.807) is 18.3 Å². The van der Waals surface area contributed by atoms with Crippen molar-refractivity contribution in [3.63, 3.8) is 0 Å². The van der Waals surface area contributed by atoms with E-state index in [0.717, 1.165) is 23.4 Å². The molecule has 3 heterocycles. The Labute approximate surface area is 188 Å². The fourth-order valence-electron chi connectivity index (χ4n) is 3.27. The number of ketones is 1. The number of thiazole rings is 1. The molecule has 0 saturated carbocycles. The van der Waals surface area contributed by atoms with Gasteiger partial charge in [0.15, 0.2) is 12.4 Å². The van der Waals surface area contributed by atoms with E-state index in [4.69, 9.17) is 4.74 Å². The van der Waals surface area contributed by atoms with Gasteiger partial charge in [0.2, 0.25) is 10.0 Å². The van der Waals surface area contributed by atoms with Gasteiger partial charge < -0.3 is 4.74 Å². The molecule has 0 amide bonds. The molecule has 2 aromatic heterocycles. The van der Waals surface area contributed by atoms with Crippen molar-refractivity contribution in [3.8, 4) is 10.6 Å². The molecule has 1 aliphatic rings. The van der Waals surface area contributed by atoms with Crippen LogP contribution >= 0.6 is 22.7 Å². The second-order valence-electron chi connectivity index (χ2n) is 7.08. The Morgan fingerprint density at radius 2 is 1.84 bits per heavy atom. The lowest BCUT2D eigenvalue weighted by Gasteiger charge is -2.15. The maximum atomic E-state index is 12.6. The Morgan fingerprint density at radius 3 is 2.48 bits per heavy atom. The fraction of sp³-hybridized carbons (Fsp3) is 0.286. The maximum Gasteiger partial charge on any atom is 0.350 e. The molecule has 0 aliphatic carbocycles. The molecule has 10 heteroatoms. The first-order valence-electron chi connectivity index (χ1n) is 9.67. The zero-order valence-electron chi connectivity index (χ0n) is 16.7. The molecule has 4 rings (SSSR count). The van der Waals surface area contributed by atoms with Gasteiger partial charge >= 0.3 is 5.97 Å². The number of sulfonamides is 1. The number of Topliss-reactive ketones (excluding diaryl/α,β-unsaturated/α-hetero) is 1. The van der Waals surface area contributed by atoms with Gasteiger partial charge in [-0.3, -0.25) is 4.79 Å². The van der Waals surface area contributed by atoms with Gasteiger partial charge in [-0.15, -0.1) is 11.3 Å². The van der Waals surface area contributed by atoms with Gasteiger partial charge in [-0.25, -0.2) is 18.2 Å². The minimum Gasteiger partial charge on any atom is -0.453 e. The Bertz CT molecular complexity index is 1190. The van der Waals surface area contributed by atoms with E-state index in [1.165, 1.54) is 39.9 Å². The van der Waals surface area contributed by atoms with Crippen LogP contribution in [0.25, 0.3) is 10.6 Å². The number of rotatable bonds is 7. The smallest absolute Gasteiger partial charge is 0.350 e. The van der Waals surface area contributed by atoms with E-state index in [9.17, 15) is 18.0 Å². The van der Waals surface area contributed by atoms with Gasteiger partial charge in [0.05, 0.1) is 10.6 Å². The Kier molecular flexibility index (Phi) is 6.33. The van der Waals surface area contributed by atoms with Crippen LogP contribution in [0.15, 0.2) is 46.0 Å². The van der Waals surface area contributed by atoms with E-state index in [0.29, 0.717) is 23.7 Å². The number of hydrogen-bond acceptors (Lipinski definition) is 8. The first-order chi connectivity index (χ1) is 14.9. The number of nitrogens with zero attached hydrogens (tertiary/aromatic N) is 2. The molecule has 0 radical (unpaired) electrons. The van der Waals surface area contributed by atoms with E-state index in [2.05, 4.69) is 4.98 Å². The molecule has 31 heavy (non-hydrogen) atoms. The highest BCUT2D eigenvalue weighted by Gasteiger charge is 2.27. The summed E-state index contributed by atoms with van der Waals surface area (Å²) in [4.78, 5) is 29.8. The summed E-state index contributed by atoms with van der Waals surface area (Å²) < 4.78 is 31.8. The maximum absolute atomic E-state index is 12.6. The van der Waals surface area contributed by atoms with Gasteiger partial charge in [0, 0.05) is 29.6 Å². The lowest BCUT2D eigenvalue weighted by atomic mass is 10.1. The van der Waals surface area contributed by atoms with Crippen LogP contribution in [0.3, 0.4) is 0 Å². The minimum absolute atomic E-state index is 0.157. The van der Waals surface area contributed by atoms with Crippen molar-refractivity contribution in [1.29, 1.82) is 0 Å². The third kappa shape index (κ3) is 4.62. The van der Waals surface area contributed by atoms with Crippen LogP contribution in [0.5, 0.6) is 0 Å². The zero-order valence-corrected chi connectivity index (χ0v) is 19.2. The monoisotopic (exact) mass is 476 g/mol. The van der Waals surface area contributed by atoms with Crippen LogP contribution in [0.1, 0.15) is 38.6 Å². The summed E-state index contributed by atoms with van der Waals surface area (Å²) in [5, 5.41) is 4.61. The average Bonchev–Trinajstić information content (AvgIpc) is 3.53. The van der Waals surface area contributed by atoms with Crippen LogP contribution in [-0.4, -0.2) is 49.2 Å². The first kappa shape index (κ1) is 21.8. The summed E-state index contributed by atoms with van der Waals surface area (Å²) in [5.74, 6) is -1.00. The van der Waals surface area contributed by atoms with E-state index in [1.807, 2.05) is 16.8 Å². The second-order valence-corrected chi connectivity index (χ2v) is 10.8. The number of aryl methyl sites for hydroxylation is 1. The predicted octanol–water partition coefficient (Wildman–Crippen LogP) is 4.00. The van der Waals surface area contributed by atoms with Crippen LogP contribution in [0.4, 0.5) is 0 Å². The fourth-order valence-corrected chi connectivity index (χ4v) is 6.45. The van der Waals surface area contributed by atoms with Crippen LogP contribution in [0, 0.1) is 6.92 Å². The minimum atomic E-state index is -3.53. The third-order valence-corrected chi connectivity index (χ3v) is 8.75. The lowest BCUT2D eigenvalue weighted by Crippen LogP contribution is -2.27. The van der Waals surface area contributed by atoms with Crippen molar-refractivity contribution in [2.75, 3.05) is 19.7 Å². The number of carbonyl (C=O) groups excluding carboxylic acids is 2. The number of carbonyl (C=O) groups is 2. The molecule has 0 spiro atoms. The molecule has 0 bridgehead atoms. The summed E-state index contributed by atoms with van der Waals surface area (Å²) in [6, 6.07) is 7.67. The summed E-state index contributed by atoms with van der Waals surface area (Å²) in [6.07, 6.45) is 1.71. The van der Waals surface area contributed by atoms with Crippen molar-refractivity contribution in [1.82, 2.24) is 9.29 Å². The Hall–Kier alpha value is -2.40. The van der Waals surface area contributed by atoms with Crippen molar-refractivity contribution in [2.45, 2.75) is 24.7 Å². The topological polar surface area (TPSA) is 93.6 Å². The number of esters is 1. The van der Waals surface area contributed by atoms with E-state index < -0.39 is 28.4 Å². The van der Waals surface area contributed by atoms with Crippen LogP contribution in [-0.2, 0) is 14.8 Å². The molecule has 7 nitrogen and oxygen atoms in total. The zero-order chi connectivity index (χ0) is 22.0. The summed E-state index contributed by atoms with van der Waals surface area (Å²) in [6.45, 7) is 2.33. The van der Waals surface area contributed by atoms with Gasteiger partial charge in [0.1, 0.15) is 9.88 Å². The van der Waals surface area contributed by atoms with Crippen LogP contribution in [0.2, 0.25) is 0 Å². The molecule has 1 fully saturated rings. The molecular formula is C21H20N2O5S3. The molecule has 0 atom stereocenters. The van der Waals surface area contributed by atoms with Gasteiger partial charge in [-0.05, 0) is 55.5 Å². The number of hydrogen-bond donors (Lipinski definition) is 0. The number of benzene rings is 1. The highest BCUT2D eigenvalue weighted by atomic mass is 32.2. The van der Waals surface area contributed by atoms with Crippen molar-refractivity contribution in [2.24, 2.45) is 0 Å². The molecular weight excluding hydrogens is 456 g/mol. The second kappa shape index (κ2) is 8.99. The highest BCUT2D eigenvalue weighted by molar-refractivity contribution is 7.89. The standard InChI is InChI=1S/C21H20N2O5S3/c1-14-19(30-20(22-14)16-8-11-29-13-16)21(25)28-12-18(24)15-4-6-17(7-5-15)31(26,27)23-9-2-3-10-23/h4-8,11,13H,2-3,9-10,12H2,1H3. The molecule has 0 N–H and O–H groups in total. The average molecular weight is 477 g/mol. The normalized spacial score (nSPS) is 14.6. The van der Waals surface area contributed by atoms with Crippen molar-refractivity contribution >= 4 is 44.4 Å². The molecule has 162 valence electrons. The molecule has 1 aromatic carbocycles. The van der Waals surface area contributed by atoms with Gasteiger partial charge in [0.25, 0.3) is 0 Å². The lowest BCUT2D eigenvalue weighted by molar-refractivity contribution is 0.0478. The Morgan fingerprint density at radius 1 is 1.13 bits per heavy atom. The highest BCUT2D eigenvalue weighted by Crippen LogP contribution is 2.30. The van der Waals surface area contributed by atoms with E-state index in [-0.39, 0.29) is 10.5 Å².